The van der Waals surface area contributed by atoms with E-state index in [-0.39, 0.29) is 24.2 Å². The second-order valence-electron chi connectivity index (χ2n) is 7.31. The zero-order valence-electron chi connectivity index (χ0n) is 17.0. The van der Waals surface area contributed by atoms with E-state index in [4.69, 9.17) is 9.47 Å². The van der Waals surface area contributed by atoms with E-state index in [2.05, 4.69) is 24.0 Å². The van der Waals surface area contributed by atoms with Gasteiger partial charge in [-0.25, -0.2) is 4.79 Å². The van der Waals surface area contributed by atoms with Crippen LogP contribution >= 0.6 is 0 Å². The Balaban J connectivity index is 1.97. The number of carbonyl (C=O) groups excluding carboxylic acids is 2. The molecule has 0 amide bonds. The molecular formula is C23H29NO4. The highest BCUT2D eigenvalue weighted by atomic mass is 16.6. The van der Waals surface area contributed by atoms with Crippen LogP contribution in [-0.2, 0) is 25.5 Å². The van der Waals surface area contributed by atoms with Crippen molar-refractivity contribution in [1.82, 2.24) is 0 Å². The first kappa shape index (κ1) is 20.5. The van der Waals surface area contributed by atoms with Crippen molar-refractivity contribution in [1.29, 1.82) is 0 Å². The average Bonchev–Trinajstić information content (AvgIpc) is 2.70. The van der Waals surface area contributed by atoms with Gasteiger partial charge in [0.1, 0.15) is 12.4 Å². The van der Waals surface area contributed by atoms with Crippen molar-refractivity contribution in [3.8, 4) is 0 Å². The van der Waals surface area contributed by atoms with Crippen molar-refractivity contribution in [2.45, 2.75) is 52.4 Å². The number of hydrogen-bond donors (Lipinski definition) is 0. The smallest absolute Gasteiger partial charge is 0.336 e. The third-order valence-corrected chi connectivity index (χ3v) is 5.54. The lowest BCUT2D eigenvalue weighted by atomic mass is 9.69. The van der Waals surface area contributed by atoms with Gasteiger partial charge in [0.2, 0.25) is 0 Å². The van der Waals surface area contributed by atoms with Gasteiger partial charge in [0.05, 0.1) is 18.1 Å². The average molecular weight is 383 g/mol. The Morgan fingerprint density at radius 2 is 1.86 bits per heavy atom. The molecule has 1 aliphatic carbocycles. The van der Waals surface area contributed by atoms with Gasteiger partial charge in [-0.2, -0.15) is 0 Å². The van der Waals surface area contributed by atoms with Crippen molar-refractivity contribution < 1.29 is 19.1 Å². The fraction of sp³-hybridized carbons (Fsp3) is 0.522. The van der Waals surface area contributed by atoms with Gasteiger partial charge in [0.25, 0.3) is 0 Å². The number of allylic oxidation sites excluding steroid dienone is 1. The third-order valence-electron chi connectivity index (χ3n) is 5.54. The second-order valence-corrected chi connectivity index (χ2v) is 7.31. The van der Waals surface area contributed by atoms with Crippen molar-refractivity contribution >= 4 is 17.5 Å². The van der Waals surface area contributed by atoms with Gasteiger partial charge in [-0.15, -0.1) is 0 Å². The first-order valence-corrected chi connectivity index (χ1v) is 10.2. The van der Waals surface area contributed by atoms with Crippen LogP contribution in [0.5, 0.6) is 0 Å². The van der Waals surface area contributed by atoms with Gasteiger partial charge in [-0.1, -0.05) is 31.2 Å². The number of aliphatic imine (C=N–C) groups is 1. The van der Waals surface area contributed by atoms with Crippen LogP contribution in [0.3, 0.4) is 0 Å². The normalized spacial score (nSPS) is 22.0. The van der Waals surface area contributed by atoms with Crippen molar-refractivity contribution in [2.75, 3.05) is 19.8 Å². The third kappa shape index (κ3) is 4.25. The number of fused-ring (bicyclic) bond motifs is 1. The molecule has 0 N–H and O–H groups in total. The maximum absolute atomic E-state index is 12.9. The highest BCUT2D eigenvalue weighted by Gasteiger charge is 2.43. The molecule has 2 atom stereocenters. The summed E-state index contributed by atoms with van der Waals surface area (Å²) in [5, 5.41) is 0. The first-order chi connectivity index (χ1) is 13.6. The maximum Gasteiger partial charge on any atom is 0.336 e. The second kappa shape index (κ2) is 9.28. The lowest BCUT2D eigenvalue weighted by Gasteiger charge is -2.35. The van der Waals surface area contributed by atoms with E-state index in [1.807, 2.05) is 26.0 Å². The molecule has 150 valence electrons. The van der Waals surface area contributed by atoms with E-state index in [0.717, 1.165) is 30.5 Å². The monoisotopic (exact) mass is 383 g/mol. The summed E-state index contributed by atoms with van der Waals surface area (Å²) in [5.74, 6) is -0.921. The van der Waals surface area contributed by atoms with E-state index in [0.29, 0.717) is 30.9 Å². The number of hydrogen-bond acceptors (Lipinski definition) is 5. The summed E-state index contributed by atoms with van der Waals surface area (Å²) in [6.45, 7) is 6.99. The zero-order valence-corrected chi connectivity index (χ0v) is 17.0. The molecule has 0 radical (unpaired) electrons. The van der Waals surface area contributed by atoms with Crippen LogP contribution in [0, 0.1) is 5.92 Å². The number of carbonyl (C=O) groups is 2. The zero-order chi connectivity index (χ0) is 20.1. The Morgan fingerprint density at radius 1 is 1.11 bits per heavy atom. The van der Waals surface area contributed by atoms with Gasteiger partial charge >= 0.3 is 5.97 Å². The van der Waals surface area contributed by atoms with E-state index in [1.165, 1.54) is 5.56 Å². The molecule has 0 bridgehead atoms. The Morgan fingerprint density at radius 3 is 2.54 bits per heavy atom. The summed E-state index contributed by atoms with van der Waals surface area (Å²) in [6.07, 6.45) is 3.13. The summed E-state index contributed by atoms with van der Waals surface area (Å²) in [7, 11) is 0. The summed E-state index contributed by atoms with van der Waals surface area (Å²) < 4.78 is 10.7. The van der Waals surface area contributed by atoms with Gasteiger partial charge in [-0.3, -0.25) is 9.79 Å². The maximum atomic E-state index is 12.9. The number of Topliss-reactive ketones (excluding diaryl/α,β-unsaturated/α-hetero) is 1. The summed E-state index contributed by atoms with van der Waals surface area (Å²) in [5.41, 5.74) is 4.27. The molecule has 3 rings (SSSR count). The molecule has 1 aromatic carbocycles. The van der Waals surface area contributed by atoms with E-state index < -0.39 is 5.97 Å². The predicted molar refractivity (Wildman–Crippen MR) is 108 cm³/mol. The van der Waals surface area contributed by atoms with Gasteiger partial charge in [-0.05, 0) is 44.2 Å². The largest absolute Gasteiger partial charge is 0.460 e. The Hall–Kier alpha value is -2.27. The molecule has 2 unspecified atom stereocenters. The Bertz CT molecular complexity index is 791. The molecule has 0 saturated heterocycles. The Kier molecular flexibility index (Phi) is 6.79. The minimum atomic E-state index is -0.400. The standard InChI is InChI=1S/C23H29NO4/c1-4-16-9-11-17(12-10-16)21-20(23(26)28-14-13-27-5-2)15(3)24-18-7-6-8-19(25)22(18)21/h9-12,21-22H,4-8,13-14H2,1-3H3. The molecule has 1 heterocycles. The molecule has 0 spiro atoms. The lowest BCUT2D eigenvalue weighted by Crippen LogP contribution is -2.39. The van der Waals surface area contributed by atoms with Crippen LogP contribution in [0.1, 0.15) is 57.1 Å². The summed E-state index contributed by atoms with van der Waals surface area (Å²) >= 11 is 0. The first-order valence-electron chi connectivity index (χ1n) is 10.2. The quantitative estimate of drug-likeness (QED) is 0.527. The SMILES string of the molecule is CCOCCOC(=O)C1=C(C)N=C2CCCC(=O)C2C1c1ccc(CC)cc1. The number of ketones is 1. The minimum absolute atomic E-state index is 0.168. The number of aryl methyl sites for hydroxylation is 1. The van der Waals surface area contributed by atoms with Crippen LogP contribution < -0.4 is 0 Å². The summed E-state index contributed by atoms with van der Waals surface area (Å²) in [6, 6.07) is 8.22. The molecule has 1 saturated carbocycles. The summed E-state index contributed by atoms with van der Waals surface area (Å²) in [4.78, 5) is 30.4. The number of nitrogens with zero attached hydrogens (tertiary/aromatic N) is 1. The van der Waals surface area contributed by atoms with Gasteiger partial charge in [0, 0.05) is 30.4 Å². The van der Waals surface area contributed by atoms with Crippen LogP contribution in [-0.4, -0.2) is 37.3 Å². The van der Waals surface area contributed by atoms with E-state index in [9.17, 15) is 9.59 Å². The van der Waals surface area contributed by atoms with Gasteiger partial charge in [0.15, 0.2) is 0 Å². The molecule has 0 aromatic heterocycles. The van der Waals surface area contributed by atoms with Crippen LogP contribution in [0.15, 0.2) is 40.5 Å². The molecular weight excluding hydrogens is 354 g/mol. The number of ether oxygens (including phenoxy) is 2. The van der Waals surface area contributed by atoms with Crippen LogP contribution in [0.25, 0.3) is 0 Å². The fourth-order valence-corrected chi connectivity index (χ4v) is 4.12. The number of rotatable bonds is 7. The molecule has 2 aliphatic rings. The van der Waals surface area contributed by atoms with Crippen LogP contribution in [0.4, 0.5) is 0 Å². The Labute approximate surface area is 166 Å². The van der Waals surface area contributed by atoms with E-state index >= 15 is 0 Å². The number of esters is 1. The van der Waals surface area contributed by atoms with Crippen LogP contribution in [0.2, 0.25) is 0 Å². The van der Waals surface area contributed by atoms with Crippen molar-refractivity contribution in [3.63, 3.8) is 0 Å². The van der Waals surface area contributed by atoms with Crippen molar-refractivity contribution in [3.05, 3.63) is 46.7 Å². The molecule has 1 fully saturated rings. The highest BCUT2D eigenvalue weighted by molar-refractivity contribution is 6.11. The molecule has 5 nitrogen and oxygen atoms in total. The molecule has 1 aliphatic heterocycles. The topological polar surface area (TPSA) is 65.0 Å². The minimum Gasteiger partial charge on any atom is -0.460 e. The molecule has 5 heteroatoms. The van der Waals surface area contributed by atoms with E-state index in [1.54, 1.807) is 0 Å². The molecule has 28 heavy (non-hydrogen) atoms. The molecule has 1 aromatic rings. The van der Waals surface area contributed by atoms with Gasteiger partial charge < -0.3 is 9.47 Å². The number of benzene rings is 1. The highest BCUT2D eigenvalue weighted by Crippen LogP contribution is 2.43. The predicted octanol–water partition coefficient (Wildman–Crippen LogP) is 4.01. The van der Waals surface area contributed by atoms with Crippen molar-refractivity contribution in [2.24, 2.45) is 10.9 Å². The fourth-order valence-electron chi connectivity index (χ4n) is 4.12. The lowest BCUT2D eigenvalue weighted by molar-refractivity contribution is -0.141.